The smallest absolute Gasteiger partial charge is 0.243 e. The number of benzene rings is 1. The largest absolute Gasteiger partial charge is 0.396 e. The highest BCUT2D eigenvalue weighted by Crippen LogP contribution is 2.35. The first kappa shape index (κ1) is 14.9. The van der Waals surface area contributed by atoms with E-state index in [9.17, 15) is 8.42 Å². The Morgan fingerprint density at radius 1 is 1.32 bits per heavy atom. The molecule has 0 aromatic heterocycles. The first-order chi connectivity index (χ1) is 8.87. The van der Waals surface area contributed by atoms with E-state index in [1.807, 2.05) is 0 Å². The predicted molar refractivity (Wildman–Crippen MR) is 74.9 cm³/mol. The van der Waals surface area contributed by atoms with Gasteiger partial charge in [-0.05, 0) is 25.0 Å². The average molecular weight is 325 g/mol. The molecule has 3 N–H and O–H groups in total. The van der Waals surface area contributed by atoms with E-state index in [-0.39, 0.29) is 39.8 Å². The number of aliphatic hydroxyl groups is 1. The van der Waals surface area contributed by atoms with Gasteiger partial charge in [-0.15, -0.1) is 0 Å². The van der Waals surface area contributed by atoms with Gasteiger partial charge in [0.05, 0.1) is 27.2 Å². The van der Waals surface area contributed by atoms with Crippen LogP contribution < -0.4 is 5.73 Å². The molecule has 0 aliphatic heterocycles. The van der Waals surface area contributed by atoms with E-state index in [0.29, 0.717) is 0 Å². The minimum absolute atomic E-state index is 0.00273. The van der Waals surface area contributed by atoms with Crippen LogP contribution in [0.15, 0.2) is 17.0 Å². The summed E-state index contributed by atoms with van der Waals surface area (Å²) in [6, 6.07) is 2.52. The molecule has 0 radical (unpaired) electrons. The first-order valence-electron chi connectivity index (χ1n) is 5.75. The maximum atomic E-state index is 12.5. The Bertz CT molecular complexity index is 565. The third-order valence-corrected chi connectivity index (χ3v) is 5.49. The van der Waals surface area contributed by atoms with Crippen molar-refractivity contribution in [2.24, 2.45) is 0 Å². The topological polar surface area (TPSA) is 83.6 Å². The number of halogens is 2. The fraction of sp³-hybridized carbons (Fsp3) is 0.455. The van der Waals surface area contributed by atoms with Crippen LogP contribution >= 0.6 is 23.2 Å². The van der Waals surface area contributed by atoms with Gasteiger partial charge in [0.15, 0.2) is 0 Å². The zero-order chi connectivity index (χ0) is 14.2. The lowest BCUT2D eigenvalue weighted by Crippen LogP contribution is -2.35. The second-order valence-electron chi connectivity index (χ2n) is 4.37. The molecule has 1 aromatic rings. The second-order valence-corrected chi connectivity index (χ2v) is 7.08. The van der Waals surface area contributed by atoms with Crippen LogP contribution in [0.2, 0.25) is 10.0 Å². The molecule has 0 heterocycles. The summed E-state index contributed by atoms with van der Waals surface area (Å²) in [6.07, 6.45) is 1.60. The molecule has 5 nitrogen and oxygen atoms in total. The standard InChI is InChI=1S/C11H14Cl2N2O3S/c12-9-5-8(6-10(13)11(9)14)19(17,18)15(3-4-16)7-1-2-7/h5-7,16H,1-4,14H2. The zero-order valence-corrected chi connectivity index (χ0v) is 12.3. The number of nitrogens with two attached hydrogens (primary N) is 1. The van der Waals surface area contributed by atoms with E-state index in [1.54, 1.807) is 0 Å². The summed E-state index contributed by atoms with van der Waals surface area (Å²) < 4.78 is 26.2. The van der Waals surface area contributed by atoms with Crippen LogP contribution in [-0.4, -0.2) is 37.0 Å². The van der Waals surface area contributed by atoms with Crippen molar-refractivity contribution in [3.05, 3.63) is 22.2 Å². The molecular formula is C11H14Cl2N2O3S. The fourth-order valence-electron chi connectivity index (χ4n) is 1.81. The summed E-state index contributed by atoms with van der Waals surface area (Å²) in [5, 5.41) is 9.20. The number of aliphatic hydroxyl groups excluding tert-OH is 1. The van der Waals surface area contributed by atoms with Crippen LogP contribution in [0.4, 0.5) is 5.69 Å². The normalized spacial score (nSPS) is 16.0. The predicted octanol–water partition coefficient (Wildman–Crippen LogP) is 1.72. The highest BCUT2D eigenvalue weighted by atomic mass is 35.5. The van der Waals surface area contributed by atoms with E-state index in [2.05, 4.69) is 0 Å². The van der Waals surface area contributed by atoms with Crippen molar-refractivity contribution >= 4 is 38.9 Å². The fourth-order valence-corrected chi connectivity index (χ4v) is 4.15. The van der Waals surface area contributed by atoms with E-state index in [0.717, 1.165) is 12.8 Å². The minimum Gasteiger partial charge on any atom is -0.396 e. The van der Waals surface area contributed by atoms with Gasteiger partial charge in [-0.25, -0.2) is 8.42 Å². The van der Waals surface area contributed by atoms with Crippen LogP contribution in [0.3, 0.4) is 0 Å². The summed E-state index contributed by atoms with van der Waals surface area (Å²) in [7, 11) is -3.71. The van der Waals surface area contributed by atoms with Crippen molar-refractivity contribution in [3.63, 3.8) is 0 Å². The van der Waals surface area contributed by atoms with Crippen molar-refractivity contribution < 1.29 is 13.5 Å². The molecule has 8 heteroatoms. The number of sulfonamides is 1. The maximum absolute atomic E-state index is 12.5. The summed E-state index contributed by atoms with van der Waals surface area (Å²) >= 11 is 11.7. The van der Waals surface area contributed by atoms with E-state index >= 15 is 0 Å². The second kappa shape index (κ2) is 5.46. The van der Waals surface area contributed by atoms with Crippen molar-refractivity contribution in [2.75, 3.05) is 18.9 Å². The number of hydrogen-bond acceptors (Lipinski definition) is 4. The third-order valence-electron chi connectivity index (χ3n) is 2.93. The summed E-state index contributed by atoms with van der Waals surface area (Å²) in [5.74, 6) is 0. The molecule has 2 rings (SSSR count). The van der Waals surface area contributed by atoms with Gasteiger partial charge in [-0.1, -0.05) is 23.2 Å². The van der Waals surface area contributed by atoms with Gasteiger partial charge in [0.2, 0.25) is 10.0 Å². The van der Waals surface area contributed by atoms with Crippen molar-refractivity contribution in [2.45, 2.75) is 23.8 Å². The van der Waals surface area contributed by atoms with Crippen LogP contribution in [0.1, 0.15) is 12.8 Å². The molecule has 1 aromatic carbocycles. The highest BCUT2D eigenvalue weighted by molar-refractivity contribution is 7.89. The number of rotatable bonds is 5. The van der Waals surface area contributed by atoms with Gasteiger partial charge in [0.1, 0.15) is 0 Å². The average Bonchev–Trinajstić information content (AvgIpc) is 3.16. The summed E-state index contributed by atoms with van der Waals surface area (Å²) in [6.45, 7) is -0.168. The number of nitrogen functional groups attached to an aromatic ring is 1. The van der Waals surface area contributed by atoms with Crippen LogP contribution in [-0.2, 0) is 10.0 Å². The van der Waals surface area contributed by atoms with Crippen LogP contribution in [0.5, 0.6) is 0 Å². The van der Waals surface area contributed by atoms with Crippen molar-refractivity contribution in [1.82, 2.24) is 4.31 Å². The first-order valence-corrected chi connectivity index (χ1v) is 7.94. The quantitative estimate of drug-likeness (QED) is 0.808. The number of anilines is 1. The van der Waals surface area contributed by atoms with E-state index in [1.165, 1.54) is 16.4 Å². The molecular weight excluding hydrogens is 311 g/mol. The SMILES string of the molecule is Nc1c(Cl)cc(S(=O)(=O)N(CCO)C2CC2)cc1Cl. The number of hydrogen-bond donors (Lipinski definition) is 2. The molecule has 1 saturated carbocycles. The zero-order valence-electron chi connectivity index (χ0n) is 10.0. The summed E-state index contributed by atoms with van der Waals surface area (Å²) in [4.78, 5) is -0.00273. The van der Waals surface area contributed by atoms with Gasteiger partial charge in [-0.3, -0.25) is 0 Å². The van der Waals surface area contributed by atoms with Gasteiger partial charge in [-0.2, -0.15) is 4.31 Å². The Balaban J connectivity index is 2.43. The Labute approximate surface area is 122 Å². The molecule has 0 saturated heterocycles. The molecule has 1 aliphatic rings. The molecule has 0 unspecified atom stereocenters. The van der Waals surface area contributed by atoms with Gasteiger partial charge in [0.25, 0.3) is 0 Å². The van der Waals surface area contributed by atoms with Crippen molar-refractivity contribution in [3.8, 4) is 0 Å². The van der Waals surface area contributed by atoms with Crippen molar-refractivity contribution in [1.29, 1.82) is 0 Å². The van der Waals surface area contributed by atoms with Gasteiger partial charge >= 0.3 is 0 Å². The molecule has 1 fully saturated rings. The Morgan fingerprint density at radius 2 is 1.84 bits per heavy atom. The lowest BCUT2D eigenvalue weighted by molar-refractivity contribution is 0.250. The Hall–Kier alpha value is -0.530. The lowest BCUT2D eigenvalue weighted by Gasteiger charge is -2.21. The lowest BCUT2D eigenvalue weighted by atomic mass is 10.3. The Morgan fingerprint density at radius 3 is 2.26 bits per heavy atom. The summed E-state index contributed by atoms with van der Waals surface area (Å²) in [5.41, 5.74) is 5.74. The van der Waals surface area contributed by atoms with E-state index < -0.39 is 10.0 Å². The number of nitrogens with zero attached hydrogens (tertiary/aromatic N) is 1. The molecule has 19 heavy (non-hydrogen) atoms. The molecule has 0 bridgehead atoms. The Kier molecular flexibility index (Phi) is 4.27. The molecule has 0 spiro atoms. The third kappa shape index (κ3) is 2.98. The molecule has 0 atom stereocenters. The molecule has 0 amide bonds. The molecule has 1 aliphatic carbocycles. The van der Waals surface area contributed by atoms with Crippen LogP contribution in [0.25, 0.3) is 0 Å². The van der Waals surface area contributed by atoms with Gasteiger partial charge in [0, 0.05) is 12.6 Å². The minimum atomic E-state index is -3.71. The van der Waals surface area contributed by atoms with Gasteiger partial charge < -0.3 is 10.8 Å². The van der Waals surface area contributed by atoms with E-state index in [4.69, 9.17) is 34.0 Å². The highest BCUT2D eigenvalue weighted by Gasteiger charge is 2.38. The molecule has 106 valence electrons. The maximum Gasteiger partial charge on any atom is 0.243 e. The monoisotopic (exact) mass is 324 g/mol. The van der Waals surface area contributed by atoms with Crippen LogP contribution in [0, 0.1) is 0 Å².